The van der Waals surface area contributed by atoms with Gasteiger partial charge in [0.1, 0.15) is 0 Å². The summed E-state index contributed by atoms with van der Waals surface area (Å²) in [4.78, 5) is 4.70. The maximum Gasteiger partial charge on any atom is 0.209 e. The molecule has 0 atom stereocenters. The van der Waals surface area contributed by atoms with Gasteiger partial charge in [0.25, 0.3) is 0 Å². The smallest absolute Gasteiger partial charge is 0.209 e. The molecule has 1 aromatic heterocycles. The quantitative estimate of drug-likeness (QED) is 0.702. The lowest BCUT2D eigenvalue weighted by Gasteiger charge is -2.29. The summed E-state index contributed by atoms with van der Waals surface area (Å²) in [6, 6.07) is 0. The number of likely N-dealkylation sites (N-methyl/N-ethyl adjacent to an activating group) is 1. The van der Waals surface area contributed by atoms with Gasteiger partial charge in [0.15, 0.2) is 0 Å². The number of hydrogen-bond acceptors (Lipinski definition) is 6. The zero-order chi connectivity index (χ0) is 14.4. The highest BCUT2D eigenvalue weighted by Crippen LogP contribution is 2.18. The van der Waals surface area contributed by atoms with E-state index in [1.165, 1.54) is 25.9 Å². The molecule has 0 aliphatic carbocycles. The Labute approximate surface area is 125 Å². The topological polar surface area (TPSA) is 50.1 Å². The predicted molar refractivity (Wildman–Crippen MR) is 81.9 cm³/mol. The molecule has 2 heterocycles. The fraction of sp³-hybridized carbons (Fsp3) is 0.923. The number of nitrogens with zero attached hydrogens (tertiary/aromatic N) is 6. The first-order chi connectivity index (χ1) is 9.65. The summed E-state index contributed by atoms with van der Waals surface area (Å²) in [7, 11) is 4.13. The Morgan fingerprint density at radius 1 is 1.25 bits per heavy atom. The average molecular weight is 298 g/mol. The fourth-order valence-electron chi connectivity index (χ4n) is 2.29. The van der Waals surface area contributed by atoms with Crippen LogP contribution in [0.2, 0.25) is 0 Å². The summed E-state index contributed by atoms with van der Waals surface area (Å²) in [5, 5.41) is 12.9. The summed E-state index contributed by atoms with van der Waals surface area (Å²) >= 11 is 1.77. The molecule has 1 aliphatic heterocycles. The van der Waals surface area contributed by atoms with Gasteiger partial charge in [-0.2, -0.15) is 0 Å². The zero-order valence-corrected chi connectivity index (χ0v) is 13.6. The van der Waals surface area contributed by atoms with Gasteiger partial charge in [0.05, 0.1) is 6.54 Å². The summed E-state index contributed by atoms with van der Waals surface area (Å²) in [5.74, 6) is 1.97. The summed E-state index contributed by atoms with van der Waals surface area (Å²) < 4.78 is 1.91. The highest BCUT2D eigenvalue weighted by atomic mass is 32.2. The molecule has 0 amide bonds. The molecule has 0 aromatic carbocycles. The lowest BCUT2D eigenvalue weighted by atomic mass is 9.99. The standard InChI is InChI=1S/C13H26N6S/c1-12-4-6-18(7-5-12)10-11-20-13-14-15-16-19(13)9-8-17(2)3/h12H,4-11H2,1-3H3. The lowest BCUT2D eigenvalue weighted by Crippen LogP contribution is -2.34. The third kappa shape index (κ3) is 5.03. The molecule has 1 aromatic rings. The number of rotatable bonds is 7. The molecular weight excluding hydrogens is 272 g/mol. The van der Waals surface area contributed by atoms with Crippen molar-refractivity contribution >= 4 is 11.8 Å². The van der Waals surface area contributed by atoms with Crippen molar-refractivity contribution in [3.05, 3.63) is 0 Å². The molecule has 0 unspecified atom stereocenters. The van der Waals surface area contributed by atoms with Crippen LogP contribution in [0.4, 0.5) is 0 Å². The van der Waals surface area contributed by atoms with Crippen LogP contribution in [0, 0.1) is 5.92 Å². The van der Waals surface area contributed by atoms with Crippen LogP contribution < -0.4 is 0 Å². The maximum atomic E-state index is 4.12. The monoisotopic (exact) mass is 298 g/mol. The van der Waals surface area contributed by atoms with E-state index in [9.17, 15) is 0 Å². The molecule has 0 N–H and O–H groups in total. The number of hydrogen-bond donors (Lipinski definition) is 0. The maximum absolute atomic E-state index is 4.12. The van der Waals surface area contributed by atoms with Gasteiger partial charge in [-0.1, -0.05) is 18.7 Å². The Balaban J connectivity index is 1.70. The molecule has 7 heteroatoms. The second kappa shape index (κ2) is 7.95. The van der Waals surface area contributed by atoms with E-state index in [1.54, 1.807) is 11.8 Å². The third-order valence-corrected chi connectivity index (χ3v) is 4.71. The molecular formula is C13H26N6S. The molecule has 2 rings (SSSR count). The minimum absolute atomic E-state index is 0.851. The summed E-state index contributed by atoms with van der Waals surface area (Å²) in [6.07, 6.45) is 2.68. The normalized spacial score (nSPS) is 18.0. The highest BCUT2D eigenvalue weighted by molar-refractivity contribution is 7.99. The molecule has 114 valence electrons. The molecule has 1 aliphatic rings. The van der Waals surface area contributed by atoms with E-state index in [0.29, 0.717) is 0 Å². The molecule has 0 radical (unpaired) electrons. The first kappa shape index (κ1) is 15.7. The van der Waals surface area contributed by atoms with Gasteiger partial charge in [-0.3, -0.25) is 0 Å². The van der Waals surface area contributed by atoms with Crippen molar-refractivity contribution in [3.8, 4) is 0 Å². The fourth-order valence-corrected chi connectivity index (χ4v) is 3.19. The van der Waals surface area contributed by atoms with E-state index in [2.05, 4.69) is 46.3 Å². The second-order valence-electron chi connectivity index (χ2n) is 5.86. The van der Waals surface area contributed by atoms with Crippen LogP contribution in [0.15, 0.2) is 5.16 Å². The van der Waals surface area contributed by atoms with Crippen molar-refractivity contribution in [2.24, 2.45) is 5.92 Å². The molecule has 0 spiro atoms. The molecule has 20 heavy (non-hydrogen) atoms. The van der Waals surface area contributed by atoms with Crippen LogP contribution in [0.25, 0.3) is 0 Å². The van der Waals surface area contributed by atoms with Gasteiger partial charge in [0, 0.05) is 18.8 Å². The summed E-state index contributed by atoms with van der Waals surface area (Å²) in [6.45, 7) is 7.79. The van der Waals surface area contributed by atoms with Crippen LogP contribution in [0.1, 0.15) is 19.8 Å². The van der Waals surface area contributed by atoms with Gasteiger partial charge in [0.2, 0.25) is 5.16 Å². The van der Waals surface area contributed by atoms with Gasteiger partial charge >= 0.3 is 0 Å². The van der Waals surface area contributed by atoms with Crippen molar-refractivity contribution in [1.29, 1.82) is 0 Å². The predicted octanol–water partition coefficient (Wildman–Crippen LogP) is 1.06. The Morgan fingerprint density at radius 3 is 2.70 bits per heavy atom. The summed E-state index contributed by atoms with van der Waals surface area (Å²) in [5.41, 5.74) is 0. The second-order valence-corrected chi connectivity index (χ2v) is 6.92. The van der Waals surface area contributed by atoms with Gasteiger partial charge < -0.3 is 9.80 Å². The Morgan fingerprint density at radius 2 is 2.00 bits per heavy atom. The van der Waals surface area contributed by atoms with Crippen molar-refractivity contribution in [2.45, 2.75) is 31.5 Å². The van der Waals surface area contributed by atoms with Gasteiger partial charge in [-0.25, -0.2) is 4.68 Å². The van der Waals surface area contributed by atoms with Crippen molar-refractivity contribution in [2.75, 3.05) is 46.0 Å². The van der Waals surface area contributed by atoms with Gasteiger partial charge in [-0.15, -0.1) is 5.10 Å². The van der Waals surface area contributed by atoms with Crippen molar-refractivity contribution < 1.29 is 0 Å². The van der Waals surface area contributed by atoms with Gasteiger partial charge in [-0.05, 0) is 56.4 Å². The number of tetrazole rings is 1. The van der Waals surface area contributed by atoms with E-state index in [1.807, 2.05) is 4.68 Å². The van der Waals surface area contributed by atoms with Crippen LogP contribution in [0.5, 0.6) is 0 Å². The molecule has 1 fully saturated rings. The zero-order valence-electron chi connectivity index (χ0n) is 12.8. The van der Waals surface area contributed by atoms with Crippen LogP contribution in [-0.4, -0.2) is 76.0 Å². The molecule has 6 nitrogen and oxygen atoms in total. The lowest BCUT2D eigenvalue weighted by molar-refractivity contribution is 0.203. The van der Waals surface area contributed by atoms with E-state index in [-0.39, 0.29) is 0 Å². The van der Waals surface area contributed by atoms with Crippen LogP contribution in [0.3, 0.4) is 0 Å². The Kier molecular flexibility index (Phi) is 6.25. The third-order valence-electron chi connectivity index (χ3n) is 3.77. The van der Waals surface area contributed by atoms with Crippen molar-refractivity contribution in [3.63, 3.8) is 0 Å². The van der Waals surface area contributed by atoms with Crippen LogP contribution in [-0.2, 0) is 6.54 Å². The first-order valence-electron chi connectivity index (χ1n) is 7.41. The Hall–Kier alpha value is -0.660. The molecule has 0 saturated carbocycles. The van der Waals surface area contributed by atoms with E-state index >= 15 is 0 Å². The van der Waals surface area contributed by atoms with E-state index < -0.39 is 0 Å². The van der Waals surface area contributed by atoms with Crippen molar-refractivity contribution in [1.82, 2.24) is 30.0 Å². The number of aromatic nitrogens is 4. The highest BCUT2D eigenvalue weighted by Gasteiger charge is 2.15. The SMILES string of the molecule is CC1CCN(CCSc2nnnn2CCN(C)C)CC1. The molecule has 0 bridgehead atoms. The number of likely N-dealkylation sites (tertiary alicyclic amines) is 1. The van der Waals surface area contributed by atoms with E-state index in [4.69, 9.17) is 0 Å². The number of thioether (sulfide) groups is 1. The Bertz CT molecular complexity index is 386. The van der Waals surface area contributed by atoms with Crippen LogP contribution >= 0.6 is 11.8 Å². The average Bonchev–Trinajstić information content (AvgIpc) is 2.86. The number of piperidine rings is 1. The van der Waals surface area contributed by atoms with E-state index in [0.717, 1.165) is 36.5 Å². The minimum atomic E-state index is 0.851. The first-order valence-corrected chi connectivity index (χ1v) is 8.40. The largest absolute Gasteiger partial charge is 0.308 e. The molecule has 1 saturated heterocycles. The minimum Gasteiger partial charge on any atom is -0.308 e.